The predicted octanol–water partition coefficient (Wildman–Crippen LogP) is -1.03. The van der Waals surface area contributed by atoms with Crippen LogP contribution in [-0.2, 0) is 0 Å². The van der Waals surface area contributed by atoms with E-state index in [1.807, 2.05) is 0 Å². The third-order valence-corrected chi connectivity index (χ3v) is 0.983. The number of anilines is 1. The maximum absolute atomic E-state index is 10.1. The lowest BCUT2D eigenvalue weighted by molar-refractivity contribution is 0.112. The van der Waals surface area contributed by atoms with Crippen molar-refractivity contribution in [3.63, 3.8) is 0 Å². The van der Waals surface area contributed by atoms with Crippen molar-refractivity contribution < 1.29 is 9.59 Å². The van der Waals surface area contributed by atoms with Crippen LogP contribution in [0.25, 0.3) is 0 Å². The van der Waals surface area contributed by atoms with Gasteiger partial charge in [-0.1, -0.05) is 0 Å². The summed E-state index contributed by atoms with van der Waals surface area (Å²) in [6, 6.07) is 2.49. The number of rotatable bonds is 1. The molecule has 16 heavy (non-hydrogen) atoms. The predicted molar refractivity (Wildman–Crippen MR) is 63.8 cm³/mol. The highest BCUT2D eigenvalue weighted by molar-refractivity contribution is 7.94. The van der Waals surface area contributed by atoms with Gasteiger partial charge in [0.25, 0.3) is 0 Å². The second-order valence-electron chi connectivity index (χ2n) is 2.13. The molecule has 1 aromatic heterocycles. The molecular formula is C7H14N6O2S. The number of amides is 2. The molecule has 90 valence electrons. The van der Waals surface area contributed by atoms with E-state index in [-0.39, 0.29) is 0 Å². The Labute approximate surface area is 96.8 Å². The number of hydrogen-bond donors (Lipinski definition) is 5. The second-order valence-corrected chi connectivity index (χ2v) is 2.41. The number of hydrogen-bond acceptors (Lipinski definition) is 7. The molecule has 0 spiro atoms. The van der Waals surface area contributed by atoms with Gasteiger partial charge in [-0.3, -0.25) is 20.1 Å². The van der Waals surface area contributed by atoms with E-state index in [9.17, 15) is 4.79 Å². The van der Waals surface area contributed by atoms with Crippen molar-refractivity contribution in [3.8, 4) is 0 Å². The van der Waals surface area contributed by atoms with Crippen LogP contribution in [0, 0.1) is 0 Å². The highest BCUT2D eigenvalue weighted by atomic mass is 32.2. The Kier molecular flexibility index (Phi) is 11.6. The summed E-state index contributed by atoms with van der Waals surface area (Å²) in [5, 5.41) is 9.08. The Hall–Kier alpha value is -1.84. The van der Waals surface area contributed by atoms with E-state index in [0.29, 0.717) is 17.7 Å². The van der Waals surface area contributed by atoms with Crippen LogP contribution in [0.4, 0.5) is 10.5 Å². The minimum absolute atomic E-state index is 0.303. The van der Waals surface area contributed by atoms with Gasteiger partial charge in [-0.2, -0.15) is 0 Å². The summed E-state index contributed by atoms with van der Waals surface area (Å²) in [5.74, 6) is 0. The maximum Gasteiger partial charge on any atom is 0.309 e. The van der Waals surface area contributed by atoms with Gasteiger partial charge in [0.05, 0.1) is 5.69 Å². The molecule has 0 bridgehead atoms. The number of carbonyl (C=O) groups excluding carboxylic acids is 2. The minimum atomic E-state index is -0.833. The van der Waals surface area contributed by atoms with Crippen LogP contribution in [-0.4, -0.2) is 17.3 Å². The molecule has 0 atom stereocenters. The first-order valence-corrected chi connectivity index (χ1v) is 4.70. The van der Waals surface area contributed by atoms with Crippen molar-refractivity contribution in [3.05, 3.63) is 24.0 Å². The summed E-state index contributed by atoms with van der Waals surface area (Å²) < 4.78 is 0. The van der Waals surface area contributed by atoms with Crippen LogP contribution in [0.5, 0.6) is 0 Å². The first-order valence-electron chi connectivity index (χ1n) is 3.75. The molecule has 0 aliphatic rings. The standard InChI is InChI=1S/C6H6N2O.CH4N2O.H4N2S/c7-5-2-1-3-8-6(5)4-9;2-1(3)4;1-3-2/h1-4H,7H2;(H4,2,3,4);1-2H2. The molecule has 1 heterocycles. The Morgan fingerprint density at radius 2 is 1.81 bits per heavy atom. The van der Waals surface area contributed by atoms with Gasteiger partial charge in [0, 0.05) is 6.20 Å². The number of primary amides is 2. The van der Waals surface area contributed by atoms with Gasteiger partial charge in [0.15, 0.2) is 6.29 Å². The van der Waals surface area contributed by atoms with Gasteiger partial charge in [-0.05, 0) is 24.3 Å². The summed E-state index contributed by atoms with van der Waals surface area (Å²) in [6.45, 7) is 0. The van der Waals surface area contributed by atoms with Crippen molar-refractivity contribution in [2.75, 3.05) is 5.73 Å². The van der Waals surface area contributed by atoms with Crippen molar-refractivity contribution in [2.45, 2.75) is 0 Å². The molecule has 1 aromatic rings. The number of nitrogens with zero attached hydrogens (tertiary/aromatic N) is 1. The molecule has 0 saturated carbocycles. The fourth-order valence-corrected chi connectivity index (χ4v) is 0.528. The Morgan fingerprint density at radius 3 is 2.06 bits per heavy atom. The topological polar surface area (TPSA) is 177 Å². The summed E-state index contributed by atoms with van der Waals surface area (Å²) >= 11 is 0.750. The first-order chi connectivity index (χ1) is 7.49. The zero-order valence-corrected chi connectivity index (χ0v) is 9.18. The fourth-order valence-electron chi connectivity index (χ4n) is 0.528. The van der Waals surface area contributed by atoms with E-state index in [0.717, 1.165) is 12.1 Å². The van der Waals surface area contributed by atoms with E-state index < -0.39 is 6.03 Å². The molecule has 2 amide bonds. The van der Waals surface area contributed by atoms with Crippen molar-refractivity contribution in [1.82, 2.24) is 4.98 Å². The van der Waals surface area contributed by atoms with Crippen molar-refractivity contribution >= 4 is 30.1 Å². The number of carbonyl (C=O) groups is 2. The minimum Gasteiger partial charge on any atom is -0.397 e. The lowest BCUT2D eigenvalue weighted by atomic mass is 10.3. The molecule has 0 aromatic carbocycles. The van der Waals surface area contributed by atoms with E-state index in [4.69, 9.17) is 10.5 Å². The van der Waals surface area contributed by atoms with Crippen LogP contribution in [0.3, 0.4) is 0 Å². The molecule has 0 radical (unpaired) electrons. The molecule has 1 rings (SSSR count). The Balaban J connectivity index is 0. The van der Waals surface area contributed by atoms with Crippen LogP contribution in [0.15, 0.2) is 18.3 Å². The first kappa shape index (κ1) is 16.6. The van der Waals surface area contributed by atoms with Gasteiger partial charge < -0.3 is 17.2 Å². The van der Waals surface area contributed by atoms with Crippen LogP contribution >= 0.6 is 12.1 Å². The quantitative estimate of drug-likeness (QED) is 0.310. The van der Waals surface area contributed by atoms with Gasteiger partial charge >= 0.3 is 6.03 Å². The average molecular weight is 246 g/mol. The number of pyridine rings is 1. The van der Waals surface area contributed by atoms with Crippen LogP contribution < -0.4 is 27.5 Å². The molecule has 0 fully saturated rings. The molecule has 8 nitrogen and oxygen atoms in total. The van der Waals surface area contributed by atoms with Gasteiger partial charge in [-0.25, -0.2) is 4.79 Å². The highest BCUT2D eigenvalue weighted by Crippen LogP contribution is 2.01. The van der Waals surface area contributed by atoms with E-state index in [1.54, 1.807) is 12.1 Å². The zero-order valence-electron chi connectivity index (χ0n) is 8.37. The summed E-state index contributed by atoms with van der Waals surface area (Å²) in [4.78, 5) is 22.8. The van der Waals surface area contributed by atoms with Crippen LogP contribution in [0.2, 0.25) is 0 Å². The third-order valence-electron chi connectivity index (χ3n) is 0.983. The fraction of sp³-hybridized carbons (Fsp3) is 0. The van der Waals surface area contributed by atoms with E-state index in [2.05, 4.69) is 26.7 Å². The molecule has 9 heteroatoms. The lowest BCUT2D eigenvalue weighted by Gasteiger charge is -1.91. The van der Waals surface area contributed by atoms with Gasteiger partial charge in [0.1, 0.15) is 5.69 Å². The Morgan fingerprint density at radius 1 is 1.38 bits per heavy atom. The van der Waals surface area contributed by atoms with Crippen LogP contribution in [0.1, 0.15) is 10.5 Å². The Bertz CT molecular complexity index is 318. The van der Waals surface area contributed by atoms with Crippen molar-refractivity contribution in [1.29, 1.82) is 0 Å². The zero-order chi connectivity index (χ0) is 13.0. The number of nitrogens with two attached hydrogens (primary N) is 5. The number of nitrogen functional groups attached to an aromatic ring is 1. The summed E-state index contributed by atoms with van der Waals surface area (Å²) in [6.07, 6.45) is 2.16. The molecule has 10 N–H and O–H groups in total. The second kappa shape index (κ2) is 11.2. The molecular weight excluding hydrogens is 232 g/mol. The largest absolute Gasteiger partial charge is 0.397 e. The number of aldehydes is 1. The monoisotopic (exact) mass is 246 g/mol. The smallest absolute Gasteiger partial charge is 0.309 e. The summed E-state index contributed by atoms with van der Waals surface area (Å²) in [5.41, 5.74) is 14.6. The van der Waals surface area contributed by atoms with E-state index >= 15 is 0 Å². The third kappa shape index (κ3) is 12.2. The van der Waals surface area contributed by atoms with E-state index in [1.165, 1.54) is 6.20 Å². The SMILES string of the molecule is NC(N)=O.NSN.Nc1cccnc1C=O. The normalized spacial score (nSPS) is 7.62. The van der Waals surface area contributed by atoms with Crippen molar-refractivity contribution in [2.24, 2.45) is 21.7 Å². The molecule has 0 aliphatic heterocycles. The van der Waals surface area contributed by atoms with Gasteiger partial charge in [0.2, 0.25) is 0 Å². The van der Waals surface area contributed by atoms with Gasteiger partial charge in [-0.15, -0.1) is 0 Å². The number of aromatic nitrogens is 1. The highest BCUT2D eigenvalue weighted by Gasteiger charge is 1.92. The summed E-state index contributed by atoms with van der Waals surface area (Å²) in [7, 11) is 0. The average Bonchev–Trinajstić information content (AvgIpc) is 2.19. The molecule has 0 saturated heterocycles. The number of urea groups is 1. The lowest BCUT2D eigenvalue weighted by Crippen LogP contribution is -2.18. The maximum atomic E-state index is 10.1. The molecule has 0 unspecified atom stereocenters. The molecule has 0 aliphatic carbocycles.